The van der Waals surface area contributed by atoms with Gasteiger partial charge in [0.15, 0.2) is 0 Å². The molecule has 5 rings (SSSR count). The van der Waals surface area contributed by atoms with Gasteiger partial charge in [-0.2, -0.15) is 0 Å². The van der Waals surface area contributed by atoms with Crippen LogP contribution in [-0.4, -0.2) is 62.7 Å². The van der Waals surface area contributed by atoms with E-state index in [1.165, 1.54) is 30.7 Å². The maximum atomic E-state index is 13.4. The van der Waals surface area contributed by atoms with Crippen LogP contribution >= 0.6 is 0 Å². The van der Waals surface area contributed by atoms with E-state index in [1.807, 2.05) is 29.2 Å². The molecule has 2 amide bonds. The Morgan fingerprint density at radius 3 is 2.41 bits per heavy atom. The van der Waals surface area contributed by atoms with E-state index >= 15 is 0 Å². The van der Waals surface area contributed by atoms with Gasteiger partial charge in [-0.25, -0.2) is 9.37 Å². The molecule has 0 saturated carbocycles. The molecule has 1 aliphatic heterocycles. The zero-order valence-electron chi connectivity index (χ0n) is 18.6. The Morgan fingerprint density at radius 1 is 0.941 bits per heavy atom. The highest BCUT2D eigenvalue weighted by Gasteiger charge is 2.26. The lowest BCUT2D eigenvalue weighted by molar-refractivity contribution is -0.132. The Balaban J connectivity index is 1.26. The number of carbonyl (C=O) groups excluding carboxylic acids is 2. The molecule has 0 spiro atoms. The van der Waals surface area contributed by atoms with E-state index in [-0.39, 0.29) is 17.6 Å². The number of amides is 2. The van der Waals surface area contributed by atoms with Crippen molar-refractivity contribution in [1.29, 1.82) is 0 Å². The average Bonchev–Trinajstić information content (AvgIpc) is 3.26. The second-order valence-corrected chi connectivity index (χ2v) is 8.29. The van der Waals surface area contributed by atoms with E-state index in [1.54, 1.807) is 17.0 Å². The molecular weight excluding hydrogens is 433 g/mol. The molecule has 1 N–H and O–H groups in total. The zero-order chi connectivity index (χ0) is 23.5. The Kier molecular flexibility index (Phi) is 6.03. The first kappa shape index (κ1) is 21.8. The van der Waals surface area contributed by atoms with Crippen molar-refractivity contribution in [2.24, 2.45) is 0 Å². The third-order valence-corrected chi connectivity index (χ3v) is 6.24. The summed E-state index contributed by atoms with van der Waals surface area (Å²) in [6.45, 7) is 1.91. The Bertz CT molecular complexity index is 1310. The molecule has 0 atom stereocenters. The van der Waals surface area contributed by atoms with Gasteiger partial charge in [-0.05, 0) is 47.9 Å². The molecule has 1 fully saturated rings. The van der Waals surface area contributed by atoms with E-state index in [2.05, 4.69) is 15.0 Å². The molecular formula is C26H24FN5O2. The third kappa shape index (κ3) is 4.39. The zero-order valence-corrected chi connectivity index (χ0v) is 18.6. The first-order chi connectivity index (χ1) is 16.6. The summed E-state index contributed by atoms with van der Waals surface area (Å²) >= 11 is 0. The van der Waals surface area contributed by atoms with Gasteiger partial charge in [0, 0.05) is 61.6 Å². The molecule has 8 heteroatoms. The molecule has 3 heterocycles. The number of aryl methyl sites for hydroxylation is 1. The number of H-pyrrole nitrogens is 1. The Labute approximate surface area is 196 Å². The van der Waals surface area contributed by atoms with Crippen molar-refractivity contribution < 1.29 is 14.0 Å². The number of fused-ring (bicyclic) bond motifs is 1. The Hall–Kier alpha value is -4.07. The van der Waals surface area contributed by atoms with E-state index in [0.29, 0.717) is 44.7 Å². The number of piperazine rings is 1. The highest BCUT2D eigenvalue weighted by atomic mass is 19.1. The lowest BCUT2D eigenvalue weighted by Crippen LogP contribution is -2.50. The fourth-order valence-electron chi connectivity index (χ4n) is 4.44. The normalized spacial score (nSPS) is 13.9. The second kappa shape index (κ2) is 9.43. The van der Waals surface area contributed by atoms with E-state index in [4.69, 9.17) is 0 Å². The number of carbonyl (C=O) groups is 2. The number of hydrogen-bond donors (Lipinski definition) is 1. The van der Waals surface area contributed by atoms with Gasteiger partial charge in [0.25, 0.3) is 5.91 Å². The van der Waals surface area contributed by atoms with Gasteiger partial charge in [0.05, 0.1) is 6.20 Å². The molecule has 172 valence electrons. The number of aromatic amines is 1. The predicted octanol–water partition coefficient (Wildman–Crippen LogP) is 3.68. The predicted molar refractivity (Wildman–Crippen MR) is 127 cm³/mol. The number of hydrogen-bond acceptors (Lipinski definition) is 4. The second-order valence-electron chi connectivity index (χ2n) is 8.29. The van der Waals surface area contributed by atoms with Crippen LogP contribution in [0.15, 0.2) is 67.1 Å². The van der Waals surface area contributed by atoms with Crippen LogP contribution in [0.25, 0.3) is 22.2 Å². The SMILES string of the molecule is O=C(CCc1c(-c2ccc(F)cc2)[nH]c2ccccc12)N1CCN(C(=O)c2cnccn2)CC1. The smallest absolute Gasteiger partial charge is 0.274 e. The lowest BCUT2D eigenvalue weighted by Gasteiger charge is -2.34. The highest BCUT2D eigenvalue weighted by Crippen LogP contribution is 2.31. The van der Waals surface area contributed by atoms with Gasteiger partial charge < -0.3 is 14.8 Å². The van der Waals surface area contributed by atoms with E-state index < -0.39 is 0 Å². The first-order valence-electron chi connectivity index (χ1n) is 11.3. The van der Waals surface area contributed by atoms with Gasteiger partial charge in [-0.1, -0.05) is 18.2 Å². The van der Waals surface area contributed by atoms with Crippen molar-refractivity contribution in [3.05, 3.63) is 84.2 Å². The van der Waals surface area contributed by atoms with E-state index in [0.717, 1.165) is 27.7 Å². The summed E-state index contributed by atoms with van der Waals surface area (Å²) in [6, 6.07) is 14.4. The van der Waals surface area contributed by atoms with Crippen molar-refractivity contribution in [3.8, 4) is 11.3 Å². The molecule has 7 nitrogen and oxygen atoms in total. The van der Waals surface area contributed by atoms with Gasteiger partial charge in [0.2, 0.25) is 5.91 Å². The van der Waals surface area contributed by atoms with Crippen molar-refractivity contribution in [2.75, 3.05) is 26.2 Å². The maximum Gasteiger partial charge on any atom is 0.274 e. The van der Waals surface area contributed by atoms with Crippen molar-refractivity contribution in [2.45, 2.75) is 12.8 Å². The van der Waals surface area contributed by atoms with Crippen LogP contribution in [-0.2, 0) is 11.2 Å². The summed E-state index contributed by atoms with van der Waals surface area (Å²) in [5.74, 6) is -0.390. The molecule has 0 radical (unpaired) electrons. The van der Waals surface area contributed by atoms with Crippen LogP contribution in [0.5, 0.6) is 0 Å². The number of rotatable bonds is 5. The summed E-state index contributed by atoms with van der Waals surface area (Å²) in [4.78, 5) is 40.6. The van der Waals surface area contributed by atoms with E-state index in [9.17, 15) is 14.0 Å². The Morgan fingerprint density at radius 2 is 1.68 bits per heavy atom. The minimum atomic E-state index is -0.284. The lowest BCUT2D eigenvalue weighted by atomic mass is 10.0. The largest absolute Gasteiger partial charge is 0.354 e. The highest BCUT2D eigenvalue weighted by molar-refractivity contribution is 5.93. The topological polar surface area (TPSA) is 82.2 Å². The van der Waals surface area contributed by atoms with Gasteiger partial charge >= 0.3 is 0 Å². The summed E-state index contributed by atoms with van der Waals surface area (Å²) in [6.07, 6.45) is 5.41. The number of benzene rings is 2. The molecule has 1 saturated heterocycles. The molecule has 0 unspecified atom stereocenters. The van der Waals surface area contributed by atoms with Gasteiger partial charge in [0.1, 0.15) is 11.5 Å². The van der Waals surface area contributed by atoms with Crippen molar-refractivity contribution >= 4 is 22.7 Å². The molecule has 2 aromatic heterocycles. The van der Waals surface area contributed by atoms with Crippen LogP contribution in [0.4, 0.5) is 4.39 Å². The first-order valence-corrected chi connectivity index (χ1v) is 11.3. The van der Waals surface area contributed by atoms with Crippen molar-refractivity contribution in [3.63, 3.8) is 0 Å². The van der Waals surface area contributed by atoms with Crippen LogP contribution < -0.4 is 0 Å². The average molecular weight is 458 g/mol. The van der Waals surface area contributed by atoms with Crippen LogP contribution in [0.1, 0.15) is 22.5 Å². The van der Waals surface area contributed by atoms with Crippen LogP contribution in [0.3, 0.4) is 0 Å². The molecule has 0 bridgehead atoms. The fraction of sp³-hybridized carbons (Fsp3) is 0.231. The third-order valence-electron chi connectivity index (χ3n) is 6.24. The monoisotopic (exact) mass is 457 g/mol. The van der Waals surface area contributed by atoms with Crippen LogP contribution in [0, 0.1) is 5.82 Å². The number of nitrogens with one attached hydrogen (secondary N) is 1. The number of nitrogens with zero attached hydrogens (tertiary/aromatic N) is 4. The number of halogens is 1. The minimum absolute atomic E-state index is 0.0574. The molecule has 2 aromatic carbocycles. The van der Waals surface area contributed by atoms with Crippen molar-refractivity contribution in [1.82, 2.24) is 24.8 Å². The molecule has 1 aliphatic rings. The molecule has 0 aliphatic carbocycles. The molecule has 34 heavy (non-hydrogen) atoms. The molecule has 4 aromatic rings. The summed E-state index contributed by atoms with van der Waals surface area (Å²) in [5, 5.41) is 1.06. The standard InChI is InChI=1S/C26H24FN5O2/c27-19-7-5-18(6-8-19)25-21(20-3-1-2-4-22(20)30-25)9-10-24(33)31-13-15-32(16-14-31)26(34)23-17-28-11-12-29-23/h1-8,11-12,17,30H,9-10,13-16H2. The van der Waals surface area contributed by atoms with Gasteiger partial charge in [-0.3, -0.25) is 14.6 Å². The maximum absolute atomic E-state index is 13.4. The summed E-state index contributed by atoms with van der Waals surface area (Å²) in [5.41, 5.74) is 4.15. The quantitative estimate of drug-likeness (QED) is 0.496. The van der Waals surface area contributed by atoms with Gasteiger partial charge in [-0.15, -0.1) is 0 Å². The number of aromatic nitrogens is 3. The summed E-state index contributed by atoms with van der Waals surface area (Å²) in [7, 11) is 0. The number of para-hydroxylation sites is 1. The van der Waals surface area contributed by atoms with Crippen LogP contribution in [0.2, 0.25) is 0 Å². The fourth-order valence-corrected chi connectivity index (χ4v) is 4.44. The minimum Gasteiger partial charge on any atom is -0.354 e. The summed E-state index contributed by atoms with van der Waals surface area (Å²) < 4.78 is 13.4.